The molecule has 0 unspecified atom stereocenters. The third-order valence-corrected chi connectivity index (χ3v) is 5.73. The van der Waals surface area contributed by atoms with Gasteiger partial charge in [0.2, 0.25) is 11.8 Å². The van der Waals surface area contributed by atoms with Gasteiger partial charge in [0.1, 0.15) is 0 Å². The lowest BCUT2D eigenvalue weighted by Crippen LogP contribution is -2.57. The van der Waals surface area contributed by atoms with Crippen molar-refractivity contribution >= 4 is 11.8 Å². The van der Waals surface area contributed by atoms with Gasteiger partial charge in [0.05, 0.1) is 12.5 Å². The van der Waals surface area contributed by atoms with Crippen LogP contribution in [-0.2, 0) is 16.1 Å². The molecular weight excluding hydrogens is 352 g/mol. The number of rotatable bonds is 5. The van der Waals surface area contributed by atoms with Gasteiger partial charge >= 0.3 is 0 Å². The molecule has 0 bridgehead atoms. The minimum absolute atomic E-state index is 0.0436. The standard InChI is InChI=1S/C22H26N4O2/c1-16-2-4-17(5-3-16)13-25-11-10-24-22(28)20(25)12-21(27)26-14-19(15-26)18-6-8-23-9-7-18/h2-9,19-20H,10-15H2,1H3,(H,24,28)/t20-/m1/s1. The quantitative estimate of drug-likeness (QED) is 0.860. The molecule has 0 aliphatic carbocycles. The molecule has 6 nitrogen and oxygen atoms in total. The Hall–Kier alpha value is -2.73. The number of benzene rings is 1. The fourth-order valence-corrected chi connectivity index (χ4v) is 3.92. The molecule has 1 N–H and O–H groups in total. The number of aryl methyl sites for hydroxylation is 1. The van der Waals surface area contributed by atoms with Crippen LogP contribution >= 0.6 is 0 Å². The van der Waals surface area contributed by atoms with E-state index in [0.717, 1.165) is 19.6 Å². The van der Waals surface area contributed by atoms with Crippen LogP contribution in [0.1, 0.15) is 29.0 Å². The number of aromatic nitrogens is 1. The Morgan fingerprint density at radius 3 is 2.57 bits per heavy atom. The molecule has 3 heterocycles. The first-order valence-corrected chi connectivity index (χ1v) is 9.85. The number of pyridine rings is 1. The predicted molar refractivity (Wildman–Crippen MR) is 107 cm³/mol. The molecule has 2 fully saturated rings. The van der Waals surface area contributed by atoms with Crippen molar-refractivity contribution in [2.45, 2.75) is 31.8 Å². The van der Waals surface area contributed by atoms with Crippen molar-refractivity contribution in [2.75, 3.05) is 26.2 Å². The van der Waals surface area contributed by atoms with Gasteiger partial charge in [-0.1, -0.05) is 29.8 Å². The van der Waals surface area contributed by atoms with Crippen LogP contribution in [0.4, 0.5) is 0 Å². The van der Waals surface area contributed by atoms with E-state index in [1.807, 2.05) is 17.0 Å². The summed E-state index contributed by atoms with van der Waals surface area (Å²) in [6, 6.07) is 12.0. The molecule has 1 aromatic heterocycles. The van der Waals surface area contributed by atoms with Crippen molar-refractivity contribution in [3.8, 4) is 0 Å². The summed E-state index contributed by atoms with van der Waals surface area (Å²) < 4.78 is 0. The molecule has 2 aliphatic heterocycles. The second kappa shape index (κ2) is 8.10. The summed E-state index contributed by atoms with van der Waals surface area (Å²) in [5, 5.41) is 2.91. The lowest BCUT2D eigenvalue weighted by molar-refractivity contribution is -0.142. The van der Waals surface area contributed by atoms with E-state index in [2.05, 4.69) is 46.4 Å². The number of carbonyl (C=O) groups is 2. The first-order valence-electron chi connectivity index (χ1n) is 9.85. The van der Waals surface area contributed by atoms with Crippen LogP contribution < -0.4 is 5.32 Å². The number of likely N-dealkylation sites (tertiary alicyclic amines) is 1. The number of amides is 2. The summed E-state index contributed by atoms with van der Waals surface area (Å²) in [5.74, 6) is 0.384. The molecule has 1 aromatic carbocycles. The summed E-state index contributed by atoms with van der Waals surface area (Å²) in [7, 11) is 0. The molecule has 2 aromatic rings. The van der Waals surface area contributed by atoms with Gasteiger partial charge in [-0.2, -0.15) is 0 Å². The zero-order valence-corrected chi connectivity index (χ0v) is 16.2. The number of nitrogens with zero attached hydrogens (tertiary/aromatic N) is 3. The fraction of sp³-hybridized carbons (Fsp3) is 0.409. The molecule has 2 saturated heterocycles. The number of nitrogens with one attached hydrogen (secondary N) is 1. The molecule has 2 aliphatic rings. The average molecular weight is 378 g/mol. The summed E-state index contributed by atoms with van der Waals surface area (Å²) in [6.45, 7) is 5.57. The maximum atomic E-state index is 12.8. The third-order valence-electron chi connectivity index (χ3n) is 5.73. The van der Waals surface area contributed by atoms with E-state index in [0.29, 0.717) is 19.0 Å². The van der Waals surface area contributed by atoms with Gasteiger partial charge in [-0.3, -0.25) is 19.5 Å². The molecular formula is C22H26N4O2. The van der Waals surface area contributed by atoms with E-state index < -0.39 is 6.04 Å². The summed E-state index contributed by atoms with van der Waals surface area (Å²) in [4.78, 5) is 33.3. The van der Waals surface area contributed by atoms with E-state index in [4.69, 9.17) is 0 Å². The van der Waals surface area contributed by atoms with Gasteiger partial charge in [0.25, 0.3) is 0 Å². The normalized spacial score (nSPS) is 20.5. The lowest BCUT2D eigenvalue weighted by atomic mass is 9.91. The molecule has 0 radical (unpaired) electrons. The highest BCUT2D eigenvalue weighted by Crippen LogP contribution is 2.27. The highest BCUT2D eigenvalue weighted by Gasteiger charge is 2.37. The highest BCUT2D eigenvalue weighted by atomic mass is 16.2. The first kappa shape index (κ1) is 18.6. The predicted octanol–water partition coefficient (Wildman–Crippen LogP) is 1.71. The third kappa shape index (κ3) is 4.07. The molecule has 28 heavy (non-hydrogen) atoms. The van der Waals surface area contributed by atoms with Crippen molar-refractivity contribution in [1.29, 1.82) is 0 Å². The maximum Gasteiger partial charge on any atom is 0.237 e. The number of hydrogen-bond acceptors (Lipinski definition) is 4. The van der Waals surface area contributed by atoms with Crippen molar-refractivity contribution in [1.82, 2.24) is 20.1 Å². The molecule has 0 saturated carbocycles. The van der Waals surface area contributed by atoms with E-state index in [-0.39, 0.29) is 18.2 Å². The van der Waals surface area contributed by atoms with Gasteiger partial charge in [-0.15, -0.1) is 0 Å². The summed E-state index contributed by atoms with van der Waals surface area (Å²) in [6.07, 6.45) is 3.81. The Bertz CT molecular complexity index is 831. The number of piperazine rings is 1. The van der Waals surface area contributed by atoms with Gasteiger partial charge in [-0.25, -0.2) is 0 Å². The van der Waals surface area contributed by atoms with Crippen LogP contribution in [0.2, 0.25) is 0 Å². The van der Waals surface area contributed by atoms with Crippen LogP contribution in [-0.4, -0.2) is 58.8 Å². The minimum atomic E-state index is -0.400. The smallest absolute Gasteiger partial charge is 0.237 e. The van der Waals surface area contributed by atoms with Gasteiger partial charge in [-0.05, 0) is 30.2 Å². The minimum Gasteiger partial charge on any atom is -0.353 e. The van der Waals surface area contributed by atoms with Crippen LogP contribution in [0.3, 0.4) is 0 Å². The zero-order valence-electron chi connectivity index (χ0n) is 16.2. The molecule has 2 amide bonds. The Balaban J connectivity index is 1.36. The Morgan fingerprint density at radius 1 is 1.14 bits per heavy atom. The lowest BCUT2D eigenvalue weighted by Gasteiger charge is -2.41. The second-order valence-electron chi connectivity index (χ2n) is 7.74. The van der Waals surface area contributed by atoms with Crippen molar-refractivity contribution in [3.63, 3.8) is 0 Å². The van der Waals surface area contributed by atoms with E-state index in [1.165, 1.54) is 16.7 Å². The Morgan fingerprint density at radius 2 is 1.86 bits per heavy atom. The van der Waals surface area contributed by atoms with Crippen LogP contribution in [0.15, 0.2) is 48.8 Å². The molecule has 146 valence electrons. The SMILES string of the molecule is Cc1ccc(CN2CCNC(=O)[C@H]2CC(=O)N2CC(c3ccncc3)C2)cc1. The molecule has 6 heteroatoms. The topological polar surface area (TPSA) is 65.5 Å². The summed E-state index contributed by atoms with van der Waals surface area (Å²) >= 11 is 0. The van der Waals surface area contributed by atoms with Crippen LogP contribution in [0, 0.1) is 6.92 Å². The van der Waals surface area contributed by atoms with Crippen molar-refractivity contribution in [3.05, 3.63) is 65.5 Å². The Labute approximate surface area is 165 Å². The van der Waals surface area contributed by atoms with E-state index >= 15 is 0 Å². The van der Waals surface area contributed by atoms with Crippen LogP contribution in [0.25, 0.3) is 0 Å². The summed E-state index contributed by atoms with van der Waals surface area (Å²) in [5.41, 5.74) is 3.60. The molecule has 0 spiro atoms. The largest absolute Gasteiger partial charge is 0.353 e. The first-order chi connectivity index (χ1) is 13.6. The molecule has 4 rings (SSSR count). The maximum absolute atomic E-state index is 12.8. The van der Waals surface area contributed by atoms with Gasteiger partial charge in [0.15, 0.2) is 0 Å². The van der Waals surface area contributed by atoms with Gasteiger partial charge < -0.3 is 10.2 Å². The average Bonchev–Trinajstić information content (AvgIpc) is 2.66. The van der Waals surface area contributed by atoms with Crippen molar-refractivity contribution in [2.24, 2.45) is 0 Å². The highest BCUT2D eigenvalue weighted by molar-refractivity contribution is 5.89. The Kier molecular flexibility index (Phi) is 5.39. The second-order valence-corrected chi connectivity index (χ2v) is 7.74. The molecule has 1 atom stereocenters. The number of carbonyl (C=O) groups excluding carboxylic acids is 2. The van der Waals surface area contributed by atoms with Crippen LogP contribution in [0.5, 0.6) is 0 Å². The van der Waals surface area contributed by atoms with E-state index in [9.17, 15) is 9.59 Å². The zero-order chi connectivity index (χ0) is 19.5. The van der Waals surface area contributed by atoms with Gasteiger partial charge in [0, 0.05) is 51.0 Å². The number of hydrogen-bond donors (Lipinski definition) is 1. The monoisotopic (exact) mass is 378 g/mol. The van der Waals surface area contributed by atoms with Crippen molar-refractivity contribution < 1.29 is 9.59 Å². The van der Waals surface area contributed by atoms with E-state index in [1.54, 1.807) is 12.4 Å². The fourth-order valence-electron chi connectivity index (χ4n) is 3.92.